The average molecular weight is 462 g/mol. The molecule has 3 atom stereocenters. The molecular weight excluding hydrogens is 432 g/mol. The number of carbonyl (C=O) groups is 3. The van der Waals surface area contributed by atoms with E-state index >= 15 is 0 Å². The van der Waals surface area contributed by atoms with Gasteiger partial charge < -0.3 is 15.0 Å². The second-order valence-corrected chi connectivity index (χ2v) is 9.80. The van der Waals surface area contributed by atoms with E-state index in [2.05, 4.69) is 10.6 Å². The minimum absolute atomic E-state index is 0.0202. The van der Waals surface area contributed by atoms with Crippen LogP contribution in [0.25, 0.3) is 0 Å². The van der Waals surface area contributed by atoms with Gasteiger partial charge in [-0.15, -0.1) is 0 Å². The summed E-state index contributed by atoms with van der Waals surface area (Å²) in [6.45, 7) is 0.888. The summed E-state index contributed by atoms with van der Waals surface area (Å²) >= 11 is 0. The zero-order chi connectivity index (χ0) is 23.2. The largest absolute Gasteiger partial charge is 0.489 e. The lowest BCUT2D eigenvalue weighted by molar-refractivity contribution is -0.136. The first-order chi connectivity index (χ1) is 15.8. The molecule has 1 aromatic rings. The fourth-order valence-electron chi connectivity index (χ4n) is 5.52. The molecule has 7 nitrogen and oxygen atoms in total. The van der Waals surface area contributed by atoms with Gasteiger partial charge in [0, 0.05) is 37.4 Å². The van der Waals surface area contributed by atoms with Crippen molar-refractivity contribution in [3.8, 4) is 5.75 Å². The molecule has 1 aromatic carbocycles. The highest BCUT2D eigenvalue weighted by atomic mass is 19.3. The minimum Gasteiger partial charge on any atom is -0.489 e. The monoisotopic (exact) mass is 461 g/mol. The van der Waals surface area contributed by atoms with Gasteiger partial charge in [0.1, 0.15) is 17.9 Å². The van der Waals surface area contributed by atoms with Crippen molar-refractivity contribution in [1.29, 1.82) is 0 Å². The van der Waals surface area contributed by atoms with Crippen LogP contribution < -0.4 is 15.4 Å². The Labute approximate surface area is 191 Å². The first kappa shape index (κ1) is 22.3. The number of fused-ring (bicyclic) bond motifs is 1. The molecule has 1 saturated heterocycles. The fourth-order valence-corrected chi connectivity index (χ4v) is 5.52. The summed E-state index contributed by atoms with van der Waals surface area (Å²) in [5.74, 6) is -2.76. The molecule has 5 rings (SSSR count). The summed E-state index contributed by atoms with van der Waals surface area (Å²) in [5, 5.41) is 5.77. The van der Waals surface area contributed by atoms with E-state index in [1.54, 1.807) is 12.1 Å². The Morgan fingerprint density at radius 1 is 1.12 bits per heavy atom. The molecule has 3 fully saturated rings. The van der Waals surface area contributed by atoms with Crippen molar-refractivity contribution in [2.24, 2.45) is 5.92 Å². The summed E-state index contributed by atoms with van der Waals surface area (Å²) in [6.07, 6.45) is 4.38. The smallest absolute Gasteiger partial charge is 0.255 e. The van der Waals surface area contributed by atoms with Gasteiger partial charge in [-0.2, -0.15) is 0 Å². The Morgan fingerprint density at radius 2 is 1.91 bits per heavy atom. The highest BCUT2D eigenvalue weighted by Gasteiger charge is 2.45. The van der Waals surface area contributed by atoms with Crippen LogP contribution in [0, 0.1) is 5.92 Å². The topological polar surface area (TPSA) is 87.7 Å². The van der Waals surface area contributed by atoms with Crippen molar-refractivity contribution < 1.29 is 27.9 Å². The van der Waals surface area contributed by atoms with Gasteiger partial charge in [0.05, 0.1) is 0 Å². The molecule has 2 N–H and O–H groups in total. The predicted octanol–water partition coefficient (Wildman–Crippen LogP) is 2.77. The lowest BCUT2D eigenvalue weighted by Gasteiger charge is -2.38. The third-order valence-electron chi connectivity index (χ3n) is 7.33. The molecule has 2 aliphatic carbocycles. The second kappa shape index (κ2) is 8.66. The second-order valence-electron chi connectivity index (χ2n) is 9.80. The number of imide groups is 1. The molecule has 0 radical (unpaired) electrons. The number of carbonyl (C=O) groups excluding carboxylic acids is 3. The predicted molar refractivity (Wildman–Crippen MR) is 115 cm³/mol. The van der Waals surface area contributed by atoms with Gasteiger partial charge in [-0.05, 0) is 61.9 Å². The van der Waals surface area contributed by atoms with Gasteiger partial charge in [-0.1, -0.05) is 6.42 Å². The summed E-state index contributed by atoms with van der Waals surface area (Å²) in [6, 6.07) is 4.85. The lowest BCUT2D eigenvalue weighted by atomic mass is 9.81. The van der Waals surface area contributed by atoms with Crippen LogP contribution >= 0.6 is 0 Å². The number of amides is 3. The number of benzene rings is 1. The van der Waals surface area contributed by atoms with E-state index in [4.69, 9.17) is 4.74 Å². The van der Waals surface area contributed by atoms with Gasteiger partial charge >= 0.3 is 0 Å². The maximum absolute atomic E-state index is 13.1. The maximum atomic E-state index is 13.1. The van der Waals surface area contributed by atoms with Gasteiger partial charge in [-0.25, -0.2) is 8.78 Å². The van der Waals surface area contributed by atoms with Crippen molar-refractivity contribution in [3.63, 3.8) is 0 Å². The zero-order valence-corrected chi connectivity index (χ0v) is 18.4. The van der Waals surface area contributed by atoms with Gasteiger partial charge in [0.2, 0.25) is 17.7 Å². The van der Waals surface area contributed by atoms with Crippen molar-refractivity contribution >= 4 is 17.7 Å². The molecule has 3 amide bonds. The highest BCUT2D eigenvalue weighted by Crippen LogP contribution is 2.42. The molecule has 9 heteroatoms. The Morgan fingerprint density at radius 3 is 2.67 bits per heavy atom. The zero-order valence-electron chi connectivity index (χ0n) is 18.4. The number of halogens is 2. The van der Waals surface area contributed by atoms with E-state index in [-0.39, 0.29) is 49.1 Å². The van der Waals surface area contributed by atoms with Crippen LogP contribution in [0.4, 0.5) is 8.78 Å². The number of alkyl halides is 2. The van der Waals surface area contributed by atoms with E-state index in [9.17, 15) is 23.2 Å². The van der Waals surface area contributed by atoms with Gasteiger partial charge in [-0.3, -0.25) is 19.7 Å². The standard InChI is InChI=1S/C24H29F2N3O4/c25-24(26)10-14(11-24)12-27-18-3-1-2-4-20(18)33-16-5-6-17-15(9-16)13-29(23(17)32)19-7-8-21(30)28-22(19)31/h5-6,9,14,18-20,27H,1-4,7-8,10-13H2,(H,28,30,31)/t18-,19?,20-/m1/s1. The van der Waals surface area contributed by atoms with Crippen LogP contribution in [0.3, 0.4) is 0 Å². The van der Waals surface area contributed by atoms with E-state index in [1.807, 2.05) is 6.07 Å². The minimum atomic E-state index is -2.50. The number of ether oxygens (including phenoxy) is 1. The van der Waals surface area contributed by atoms with Gasteiger partial charge in [0.25, 0.3) is 5.91 Å². The molecule has 2 saturated carbocycles. The Kier molecular flexibility index (Phi) is 5.84. The van der Waals surface area contributed by atoms with Crippen molar-refractivity contribution in [2.75, 3.05) is 6.54 Å². The molecular formula is C24H29F2N3O4. The third kappa shape index (κ3) is 4.60. The average Bonchev–Trinajstić information content (AvgIpc) is 3.07. The number of hydrogen-bond acceptors (Lipinski definition) is 5. The van der Waals surface area contributed by atoms with Crippen LogP contribution in [0.15, 0.2) is 18.2 Å². The van der Waals surface area contributed by atoms with Crippen molar-refractivity contribution in [3.05, 3.63) is 29.3 Å². The van der Waals surface area contributed by atoms with Gasteiger partial charge in [0.15, 0.2) is 0 Å². The van der Waals surface area contributed by atoms with Crippen molar-refractivity contribution in [1.82, 2.24) is 15.5 Å². The SMILES string of the molecule is O=C1CCC(N2Cc3cc(O[C@@H]4CCCC[C@H]4NCC4CC(F)(F)C4)ccc3C2=O)C(=O)N1. The number of rotatable bonds is 6. The Balaban J connectivity index is 1.22. The summed E-state index contributed by atoms with van der Waals surface area (Å²) in [7, 11) is 0. The lowest BCUT2D eigenvalue weighted by Crippen LogP contribution is -2.52. The van der Waals surface area contributed by atoms with E-state index in [1.165, 1.54) is 4.90 Å². The van der Waals surface area contributed by atoms with Crippen LogP contribution in [0.1, 0.15) is 67.3 Å². The molecule has 1 unspecified atom stereocenters. The first-order valence-electron chi connectivity index (χ1n) is 11.8. The summed E-state index contributed by atoms with van der Waals surface area (Å²) < 4.78 is 32.6. The molecule has 0 aromatic heterocycles. The molecule has 2 heterocycles. The quantitative estimate of drug-likeness (QED) is 0.637. The molecule has 0 spiro atoms. The Bertz CT molecular complexity index is 961. The number of nitrogens with zero attached hydrogens (tertiary/aromatic N) is 1. The molecule has 2 aliphatic heterocycles. The molecule has 33 heavy (non-hydrogen) atoms. The number of hydrogen-bond donors (Lipinski definition) is 2. The third-order valence-corrected chi connectivity index (χ3v) is 7.33. The maximum Gasteiger partial charge on any atom is 0.255 e. The van der Waals surface area contributed by atoms with E-state index in [0.29, 0.717) is 30.8 Å². The normalized spacial score (nSPS) is 29.5. The fraction of sp³-hybridized carbons (Fsp3) is 0.625. The molecule has 4 aliphatic rings. The van der Waals surface area contributed by atoms with E-state index < -0.39 is 17.9 Å². The Hall–Kier alpha value is -2.55. The van der Waals surface area contributed by atoms with Crippen LogP contribution in [0.5, 0.6) is 5.75 Å². The van der Waals surface area contributed by atoms with Crippen LogP contribution in [-0.4, -0.2) is 53.3 Å². The van der Waals surface area contributed by atoms with Crippen LogP contribution in [-0.2, 0) is 16.1 Å². The van der Waals surface area contributed by atoms with Crippen molar-refractivity contribution in [2.45, 2.75) is 82.0 Å². The summed E-state index contributed by atoms with van der Waals surface area (Å²) in [5.41, 5.74) is 1.36. The first-order valence-corrected chi connectivity index (χ1v) is 11.8. The summed E-state index contributed by atoms with van der Waals surface area (Å²) in [4.78, 5) is 38.0. The molecule has 0 bridgehead atoms. The number of nitrogens with one attached hydrogen (secondary N) is 2. The highest BCUT2D eigenvalue weighted by molar-refractivity contribution is 6.05. The molecule has 178 valence electrons. The van der Waals surface area contributed by atoms with Crippen LogP contribution in [0.2, 0.25) is 0 Å². The van der Waals surface area contributed by atoms with E-state index in [0.717, 1.165) is 31.2 Å². The number of piperidine rings is 1.